The van der Waals surface area contributed by atoms with Crippen LogP contribution in [0.15, 0.2) is 6.07 Å². The quantitative estimate of drug-likeness (QED) is 0.715. The zero-order valence-corrected chi connectivity index (χ0v) is 11.1. The molecule has 0 saturated heterocycles. The Morgan fingerprint density at radius 1 is 1.22 bits per heavy atom. The van der Waals surface area contributed by atoms with Gasteiger partial charge in [-0.2, -0.15) is 4.98 Å². The van der Waals surface area contributed by atoms with Crippen LogP contribution in [0.5, 0.6) is 0 Å². The average molecular weight is 250 g/mol. The zero-order valence-electron chi connectivity index (χ0n) is 11.1. The third kappa shape index (κ3) is 3.32. The molecule has 1 fully saturated rings. The number of aromatic nitrogens is 2. The molecule has 1 aromatic rings. The predicted octanol–water partition coefficient (Wildman–Crippen LogP) is 1.93. The summed E-state index contributed by atoms with van der Waals surface area (Å²) in [5.41, 5.74) is 0.917. The molecule has 1 heterocycles. The first-order valence-electron chi connectivity index (χ1n) is 6.67. The Hall–Kier alpha value is -1.36. The SMILES string of the molecule is CNc1nc(C)cc(NC2CCCCCC2O)n1. The van der Waals surface area contributed by atoms with Gasteiger partial charge >= 0.3 is 0 Å². The monoisotopic (exact) mass is 250 g/mol. The first-order valence-corrected chi connectivity index (χ1v) is 6.67. The maximum Gasteiger partial charge on any atom is 0.224 e. The number of aliphatic hydroxyl groups is 1. The third-order valence-electron chi connectivity index (χ3n) is 3.39. The fourth-order valence-electron chi connectivity index (χ4n) is 2.40. The molecule has 18 heavy (non-hydrogen) atoms. The second kappa shape index (κ2) is 6.00. The molecule has 2 atom stereocenters. The molecule has 0 aliphatic heterocycles. The largest absolute Gasteiger partial charge is 0.391 e. The third-order valence-corrected chi connectivity index (χ3v) is 3.39. The molecular weight excluding hydrogens is 228 g/mol. The van der Waals surface area contributed by atoms with Gasteiger partial charge in [0.15, 0.2) is 0 Å². The summed E-state index contributed by atoms with van der Waals surface area (Å²) in [6.45, 7) is 1.94. The van der Waals surface area contributed by atoms with Crippen molar-refractivity contribution >= 4 is 11.8 Å². The minimum absolute atomic E-state index is 0.103. The highest BCUT2D eigenvalue weighted by Gasteiger charge is 2.21. The number of nitrogens with one attached hydrogen (secondary N) is 2. The van der Waals surface area contributed by atoms with Gasteiger partial charge in [0.1, 0.15) is 5.82 Å². The Kier molecular flexibility index (Phi) is 4.36. The molecule has 3 N–H and O–H groups in total. The van der Waals surface area contributed by atoms with Crippen LogP contribution in [0.2, 0.25) is 0 Å². The van der Waals surface area contributed by atoms with E-state index in [1.165, 1.54) is 6.42 Å². The van der Waals surface area contributed by atoms with Gasteiger partial charge in [-0.05, 0) is 19.8 Å². The maximum atomic E-state index is 10.1. The first kappa shape index (κ1) is 13.1. The van der Waals surface area contributed by atoms with E-state index in [1.54, 1.807) is 7.05 Å². The molecule has 0 spiro atoms. The lowest BCUT2D eigenvalue weighted by atomic mass is 10.1. The number of rotatable bonds is 3. The summed E-state index contributed by atoms with van der Waals surface area (Å²) in [4.78, 5) is 8.63. The van der Waals surface area contributed by atoms with Crippen molar-refractivity contribution in [1.29, 1.82) is 0 Å². The van der Waals surface area contributed by atoms with Crippen molar-refractivity contribution in [3.05, 3.63) is 11.8 Å². The van der Waals surface area contributed by atoms with Crippen molar-refractivity contribution in [3.8, 4) is 0 Å². The Morgan fingerprint density at radius 3 is 2.78 bits per heavy atom. The highest BCUT2D eigenvalue weighted by molar-refractivity contribution is 5.42. The summed E-state index contributed by atoms with van der Waals surface area (Å²) in [5.74, 6) is 1.40. The van der Waals surface area contributed by atoms with Crippen LogP contribution < -0.4 is 10.6 Å². The molecule has 1 aliphatic carbocycles. The van der Waals surface area contributed by atoms with Gasteiger partial charge in [0, 0.05) is 18.8 Å². The van der Waals surface area contributed by atoms with Crippen LogP contribution in [0.1, 0.15) is 37.8 Å². The van der Waals surface area contributed by atoms with E-state index >= 15 is 0 Å². The Balaban J connectivity index is 2.09. The highest BCUT2D eigenvalue weighted by atomic mass is 16.3. The summed E-state index contributed by atoms with van der Waals surface area (Å²) in [7, 11) is 1.80. The molecule has 2 unspecified atom stereocenters. The fourth-order valence-corrected chi connectivity index (χ4v) is 2.40. The molecule has 0 bridgehead atoms. The molecule has 5 nitrogen and oxygen atoms in total. The lowest BCUT2D eigenvalue weighted by Crippen LogP contribution is -2.32. The van der Waals surface area contributed by atoms with Crippen LogP contribution in [0, 0.1) is 6.92 Å². The van der Waals surface area contributed by atoms with Gasteiger partial charge in [-0.1, -0.05) is 19.3 Å². The van der Waals surface area contributed by atoms with Gasteiger partial charge in [0.2, 0.25) is 5.95 Å². The van der Waals surface area contributed by atoms with Gasteiger partial charge in [0.25, 0.3) is 0 Å². The van der Waals surface area contributed by atoms with Crippen molar-refractivity contribution < 1.29 is 5.11 Å². The van der Waals surface area contributed by atoms with E-state index in [1.807, 2.05) is 13.0 Å². The Bertz CT molecular complexity index is 397. The van der Waals surface area contributed by atoms with Gasteiger partial charge in [-0.15, -0.1) is 0 Å². The second-order valence-electron chi connectivity index (χ2n) is 4.92. The summed E-state index contributed by atoms with van der Waals surface area (Å²) in [6, 6.07) is 2.02. The average Bonchev–Trinajstić information content (AvgIpc) is 2.54. The molecule has 5 heteroatoms. The summed E-state index contributed by atoms with van der Waals surface area (Å²) in [6.07, 6.45) is 5.09. The van der Waals surface area contributed by atoms with Crippen LogP contribution in [0.4, 0.5) is 11.8 Å². The van der Waals surface area contributed by atoms with Crippen LogP contribution in [0.25, 0.3) is 0 Å². The number of aryl methyl sites for hydroxylation is 1. The molecule has 1 aromatic heterocycles. The van der Waals surface area contributed by atoms with Crippen LogP contribution >= 0.6 is 0 Å². The van der Waals surface area contributed by atoms with E-state index < -0.39 is 0 Å². The lowest BCUT2D eigenvalue weighted by Gasteiger charge is -2.22. The zero-order chi connectivity index (χ0) is 13.0. The van der Waals surface area contributed by atoms with E-state index in [2.05, 4.69) is 20.6 Å². The molecule has 0 radical (unpaired) electrons. The predicted molar refractivity (Wildman–Crippen MR) is 72.8 cm³/mol. The molecular formula is C13H22N4O. The summed E-state index contributed by atoms with van der Waals surface area (Å²) >= 11 is 0. The Morgan fingerprint density at radius 2 is 2.00 bits per heavy atom. The highest BCUT2D eigenvalue weighted by Crippen LogP contribution is 2.21. The molecule has 0 aromatic carbocycles. The first-order chi connectivity index (χ1) is 8.69. The number of hydrogen-bond donors (Lipinski definition) is 3. The maximum absolute atomic E-state index is 10.1. The Labute approximate surface area is 108 Å². The molecule has 1 aliphatic rings. The minimum Gasteiger partial charge on any atom is -0.391 e. The van der Waals surface area contributed by atoms with Crippen LogP contribution in [-0.4, -0.2) is 34.3 Å². The fraction of sp³-hybridized carbons (Fsp3) is 0.692. The van der Waals surface area contributed by atoms with Gasteiger partial charge in [-0.25, -0.2) is 4.98 Å². The van der Waals surface area contributed by atoms with Gasteiger partial charge in [0.05, 0.1) is 12.1 Å². The molecule has 1 saturated carbocycles. The van der Waals surface area contributed by atoms with Crippen molar-refractivity contribution in [2.24, 2.45) is 0 Å². The summed E-state index contributed by atoms with van der Waals surface area (Å²) in [5, 5.41) is 16.4. The number of hydrogen-bond acceptors (Lipinski definition) is 5. The van der Waals surface area contributed by atoms with E-state index in [0.29, 0.717) is 5.95 Å². The number of anilines is 2. The van der Waals surface area contributed by atoms with Crippen molar-refractivity contribution in [2.75, 3.05) is 17.7 Å². The van der Waals surface area contributed by atoms with Crippen molar-refractivity contribution in [3.63, 3.8) is 0 Å². The van der Waals surface area contributed by atoms with E-state index in [4.69, 9.17) is 0 Å². The van der Waals surface area contributed by atoms with Crippen molar-refractivity contribution in [2.45, 2.75) is 51.2 Å². The van der Waals surface area contributed by atoms with Crippen molar-refractivity contribution in [1.82, 2.24) is 9.97 Å². The van der Waals surface area contributed by atoms with Gasteiger partial charge in [-0.3, -0.25) is 0 Å². The molecule has 0 amide bonds. The van der Waals surface area contributed by atoms with Gasteiger partial charge < -0.3 is 15.7 Å². The topological polar surface area (TPSA) is 70.1 Å². The number of nitrogens with zero attached hydrogens (tertiary/aromatic N) is 2. The van der Waals surface area contributed by atoms with Crippen LogP contribution in [-0.2, 0) is 0 Å². The standard InChI is InChI=1S/C13H22N4O/c1-9-8-12(17-13(14-2)15-9)16-10-6-4-3-5-7-11(10)18/h8,10-11,18H,3-7H2,1-2H3,(H2,14,15,16,17). The lowest BCUT2D eigenvalue weighted by molar-refractivity contribution is 0.144. The normalized spacial score (nSPS) is 24.4. The number of aliphatic hydroxyl groups excluding tert-OH is 1. The van der Waals surface area contributed by atoms with Crippen LogP contribution in [0.3, 0.4) is 0 Å². The molecule has 2 rings (SSSR count). The molecule has 100 valence electrons. The smallest absolute Gasteiger partial charge is 0.224 e. The van der Waals surface area contributed by atoms with E-state index in [9.17, 15) is 5.11 Å². The summed E-state index contributed by atoms with van der Waals surface area (Å²) < 4.78 is 0. The van der Waals surface area contributed by atoms with E-state index in [0.717, 1.165) is 37.2 Å². The second-order valence-corrected chi connectivity index (χ2v) is 4.92. The van der Waals surface area contributed by atoms with E-state index in [-0.39, 0.29) is 12.1 Å². The minimum atomic E-state index is -0.277.